The van der Waals surface area contributed by atoms with Crippen LogP contribution in [0.2, 0.25) is 0 Å². The summed E-state index contributed by atoms with van der Waals surface area (Å²) >= 11 is 0. The highest BCUT2D eigenvalue weighted by molar-refractivity contribution is 5.85. The zero-order valence-corrected chi connectivity index (χ0v) is 16.3. The molecule has 2 rings (SSSR count). The molecule has 0 saturated carbocycles. The summed E-state index contributed by atoms with van der Waals surface area (Å²) in [4.78, 5) is 15.9. The van der Waals surface area contributed by atoms with E-state index in [1.165, 1.54) is 5.56 Å². The van der Waals surface area contributed by atoms with Crippen LogP contribution in [-0.4, -0.2) is 17.4 Å². The van der Waals surface area contributed by atoms with Crippen molar-refractivity contribution in [1.82, 2.24) is 10.3 Å². The SMILES string of the molecule is CC(C)c1ccc(C(N)CNC(=O)CCc2ccncc2)cc1.Cl.Cl. The summed E-state index contributed by atoms with van der Waals surface area (Å²) < 4.78 is 0. The molecule has 0 aliphatic rings. The van der Waals surface area contributed by atoms with Crippen LogP contribution in [0.15, 0.2) is 48.8 Å². The number of rotatable bonds is 7. The Kier molecular flexibility index (Phi) is 11.1. The number of aromatic nitrogens is 1. The molecular formula is C19H27Cl2N3O. The Morgan fingerprint density at radius 3 is 2.16 bits per heavy atom. The van der Waals surface area contributed by atoms with E-state index in [1.54, 1.807) is 12.4 Å². The zero-order chi connectivity index (χ0) is 16.7. The largest absolute Gasteiger partial charge is 0.354 e. The summed E-state index contributed by atoms with van der Waals surface area (Å²) in [6.45, 7) is 4.78. The predicted molar refractivity (Wildman–Crippen MR) is 108 cm³/mol. The van der Waals surface area contributed by atoms with E-state index < -0.39 is 0 Å². The molecule has 25 heavy (non-hydrogen) atoms. The topological polar surface area (TPSA) is 68.0 Å². The van der Waals surface area contributed by atoms with Gasteiger partial charge in [-0.3, -0.25) is 9.78 Å². The van der Waals surface area contributed by atoms with Gasteiger partial charge in [-0.25, -0.2) is 0 Å². The van der Waals surface area contributed by atoms with E-state index in [0.29, 0.717) is 25.3 Å². The number of hydrogen-bond donors (Lipinski definition) is 2. The Labute approximate surface area is 162 Å². The van der Waals surface area contributed by atoms with Crippen molar-refractivity contribution in [3.05, 3.63) is 65.5 Å². The highest BCUT2D eigenvalue weighted by Gasteiger charge is 2.09. The Morgan fingerprint density at radius 1 is 1.04 bits per heavy atom. The van der Waals surface area contributed by atoms with Crippen molar-refractivity contribution in [3.63, 3.8) is 0 Å². The van der Waals surface area contributed by atoms with Crippen molar-refractivity contribution in [3.8, 4) is 0 Å². The van der Waals surface area contributed by atoms with Crippen LogP contribution in [0.3, 0.4) is 0 Å². The number of carbonyl (C=O) groups is 1. The van der Waals surface area contributed by atoms with E-state index in [4.69, 9.17) is 5.73 Å². The third-order valence-electron chi connectivity index (χ3n) is 3.94. The average molecular weight is 384 g/mol. The molecule has 0 fully saturated rings. The van der Waals surface area contributed by atoms with Crippen LogP contribution >= 0.6 is 24.8 Å². The van der Waals surface area contributed by atoms with Crippen LogP contribution in [0.5, 0.6) is 0 Å². The molecule has 0 bridgehead atoms. The van der Waals surface area contributed by atoms with E-state index in [9.17, 15) is 4.79 Å². The van der Waals surface area contributed by atoms with Gasteiger partial charge in [-0.05, 0) is 41.2 Å². The Bertz CT molecular complexity index is 618. The van der Waals surface area contributed by atoms with Gasteiger partial charge in [0.15, 0.2) is 0 Å². The lowest BCUT2D eigenvalue weighted by atomic mass is 9.99. The standard InChI is InChI=1S/C19H25N3O.2ClH/c1-14(2)16-4-6-17(7-5-16)18(20)13-22-19(23)8-3-15-9-11-21-12-10-15;;/h4-7,9-12,14,18H,3,8,13,20H2,1-2H3,(H,22,23);2*1H. The minimum Gasteiger partial charge on any atom is -0.354 e. The maximum atomic E-state index is 11.9. The van der Waals surface area contributed by atoms with Crippen LogP contribution < -0.4 is 11.1 Å². The number of amides is 1. The molecule has 1 aromatic heterocycles. The maximum Gasteiger partial charge on any atom is 0.220 e. The fourth-order valence-corrected chi connectivity index (χ4v) is 2.37. The molecule has 0 aliphatic carbocycles. The quantitative estimate of drug-likeness (QED) is 0.763. The lowest BCUT2D eigenvalue weighted by molar-refractivity contribution is -0.121. The van der Waals surface area contributed by atoms with E-state index in [0.717, 1.165) is 11.1 Å². The predicted octanol–water partition coefficient (Wildman–Crippen LogP) is 3.80. The minimum absolute atomic E-state index is 0. The minimum atomic E-state index is -0.180. The van der Waals surface area contributed by atoms with Crippen LogP contribution in [-0.2, 0) is 11.2 Å². The van der Waals surface area contributed by atoms with E-state index >= 15 is 0 Å². The Morgan fingerprint density at radius 2 is 1.60 bits per heavy atom. The normalized spacial score (nSPS) is 11.2. The smallest absolute Gasteiger partial charge is 0.220 e. The number of benzene rings is 1. The summed E-state index contributed by atoms with van der Waals surface area (Å²) in [6.07, 6.45) is 4.66. The Balaban J connectivity index is 0.00000288. The molecule has 0 aliphatic heterocycles. The van der Waals surface area contributed by atoms with Crippen LogP contribution in [0.25, 0.3) is 0 Å². The van der Waals surface area contributed by atoms with Crippen molar-refractivity contribution in [1.29, 1.82) is 0 Å². The zero-order valence-electron chi connectivity index (χ0n) is 14.6. The number of aryl methyl sites for hydroxylation is 1. The molecule has 4 nitrogen and oxygen atoms in total. The molecule has 138 valence electrons. The van der Waals surface area contributed by atoms with Gasteiger partial charge in [0, 0.05) is 31.4 Å². The first-order valence-corrected chi connectivity index (χ1v) is 8.07. The van der Waals surface area contributed by atoms with Crippen molar-refractivity contribution in [2.24, 2.45) is 5.73 Å². The summed E-state index contributed by atoms with van der Waals surface area (Å²) in [7, 11) is 0. The fourth-order valence-electron chi connectivity index (χ4n) is 2.37. The number of hydrogen-bond acceptors (Lipinski definition) is 3. The molecule has 1 atom stereocenters. The van der Waals surface area contributed by atoms with Gasteiger partial charge < -0.3 is 11.1 Å². The molecule has 3 N–H and O–H groups in total. The number of nitrogens with one attached hydrogen (secondary N) is 1. The van der Waals surface area contributed by atoms with Crippen molar-refractivity contribution in [2.75, 3.05) is 6.54 Å². The third-order valence-corrected chi connectivity index (χ3v) is 3.94. The van der Waals surface area contributed by atoms with Crippen LogP contribution in [0, 0.1) is 0 Å². The first-order valence-electron chi connectivity index (χ1n) is 8.07. The van der Waals surface area contributed by atoms with Crippen LogP contribution in [0.4, 0.5) is 0 Å². The molecule has 0 saturated heterocycles. The summed E-state index contributed by atoms with van der Waals surface area (Å²) in [5, 5.41) is 2.91. The van der Waals surface area contributed by atoms with Gasteiger partial charge in [-0.15, -0.1) is 24.8 Å². The molecular weight excluding hydrogens is 357 g/mol. The maximum absolute atomic E-state index is 11.9. The van der Waals surface area contributed by atoms with E-state index in [-0.39, 0.29) is 36.8 Å². The molecule has 0 spiro atoms. The van der Waals surface area contributed by atoms with Gasteiger partial charge in [0.05, 0.1) is 0 Å². The van der Waals surface area contributed by atoms with Gasteiger partial charge in [0.2, 0.25) is 5.91 Å². The highest BCUT2D eigenvalue weighted by Crippen LogP contribution is 2.17. The number of nitrogens with zero attached hydrogens (tertiary/aromatic N) is 1. The van der Waals surface area contributed by atoms with Crippen molar-refractivity contribution in [2.45, 2.75) is 38.6 Å². The number of pyridine rings is 1. The molecule has 1 amide bonds. The first kappa shape index (κ1) is 23.4. The second-order valence-corrected chi connectivity index (χ2v) is 6.09. The molecule has 0 radical (unpaired) electrons. The first-order chi connectivity index (χ1) is 11.1. The molecule has 1 heterocycles. The summed E-state index contributed by atoms with van der Waals surface area (Å²) in [5.41, 5.74) is 9.61. The number of carbonyl (C=O) groups excluding carboxylic acids is 1. The second-order valence-electron chi connectivity index (χ2n) is 6.09. The van der Waals surface area contributed by atoms with Crippen LogP contribution in [0.1, 0.15) is 48.9 Å². The monoisotopic (exact) mass is 383 g/mol. The van der Waals surface area contributed by atoms with Gasteiger partial charge >= 0.3 is 0 Å². The second kappa shape index (κ2) is 11.9. The van der Waals surface area contributed by atoms with Crippen molar-refractivity contribution >= 4 is 30.7 Å². The average Bonchev–Trinajstić information content (AvgIpc) is 2.58. The van der Waals surface area contributed by atoms with Gasteiger partial charge in [0.25, 0.3) is 0 Å². The van der Waals surface area contributed by atoms with Gasteiger partial charge in [0.1, 0.15) is 0 Å². The third kappa shape index (κ3) is 7.86. The molecule has 2 aromatic rings. The Hall–Kier alpha value is -1.62. The van der Waals surface area contributed by atoms with E-state index in [1.807, 2.05) is 24.3 Å². The fraction of sp³-hybridized carbons (Fsp3) is 0.368. The lowest BCUT2D eigenvalue weighted by Gasteiger charge is -2.14. The van der Waals surface area contributed by atoms with E-state index in [2.05, 4.69) is 36.3 Å². The summed E-state index contributed by atoms with van der Waals surface area (Å²) in [5.74, 6) is 0.532. The molecule has 6 heteroatoms. The number of nitrogens with two attached hydrogens (primary N) is 1. The van der Waals surface area contributed by atoms with Gasteiger partial charge in [-0.1, -0.05) is 38.1 Å². The molecule has 1 unspecified atom stereocenters. The number of halogens is 2. The van der Waals surface area contributed by atoms with Gasteiger partial charge in [-0.2, -0.15) is 0 Å². The summed E-state index contributed by atoms with van der Waals surface area (Å²) in [6, 6.07) is 12.0. The lowest BCUT2D eigenvalue weighted by Crippen LogP contribution is -2.32. The highest BCUT2D eigenvalue weighted by atomic mass is 35.5. The molecule has 1 aromatic carbocycles. The van der Waals surface area contributed by atoms with Crippen molar-refractivity contribution < 1.29 is 4.79 Å².